The molecule has 1 aromatic carbocycles. The largest absolute Gasteiger partial charge is 0.334 e. The Hall–Kier alpha value is -3.03. The number of urea groups is 1. The summed E-state index contributed by atoms with van der Waals surface area (Å²) in [4.78, 5) is 32.0. The number of hydrogen-bond acceptors (Lipinski definition) is 3. The number of carbonyl (C=O) groups excluding carboxylic acids is 2. The molecule has 2 aromatic rings. The molecule has 8 heteroatoms. The van der Waals surface area contributed by atoms with E-state index >= 15 is 0 Å². The molecule has 3 rings (SSSR count). The van der Waals surface area contributed by atoms with E-state index in [1.54, 1.807) is 17.3 Å². The molecule has 1 atom stereocenters. The van der Waals surface area contributed by atoms with Crippen LogP contribution in [0.1, 0.15) is 25.3 Å². The van der Waals surface area contributed by atoms with Crippen molar-refractivity contribution in [2.75, 3.05) is 18.4 Å². The van der Waals surface area contributed by atoms with Crippen LogP contribution in [0.5, 0.6) is 0 Å². The van der Waals surface area contributed by atoms with E-state index in [4.69, 9.17) is 0 Å². The fourth-order valence-corrected chi connectivity index (χ4v) is 3.37. The number of rotatable bonds is 4. The van der Waals surface area contributed by atoms with Crippen molar-refractivity contribution < 1.29 is 18.4 Å². The van der Waals surface area contributed by atoms with Gasteiger partial charge in [-0.2, -0.15) is 0 Å². The van der Waals surface area contributed by atoms with E-state index in [9.17, 15) is 18.4 Å². The van der Waals surface area contributed by atoms with Crippen LogP contribution in [0, 0.1) is 11.6 Å². The van der Waals surface area contributed by atoms with Gasteiger partial charge in [-0.15, -0.1) is 0 Å². The van der Waals surface area contributed by atoms with Crippen LogP contribution in [-0.2, 0) is 11.3 Å². The van der Waals surface area contributed by atoms with Gasteiger partial charge in [-0.25, -0.2) is 13.6 Å². The lowest BCUT2D eigenvalue weighted by Crippen LogP contribution is -2.51. The molecule has 6 nitrogen and oxygen atoms in total. The number of likely N-dealkylation sites (tertiary alicyclic amines) is 1. The molecule has 0 bridgehead atoms. The van der Waals surface area contributed by atoms with E-state index in [2.05, 4.69) is 10.3 Å². The highest BCUT2D eigenvalue weighted by molar-refractivity contribution is 5.89. The van der Waals surface area contributed by atoms with Crippen molar-refractivity contribution in [3.05, 3.63) is 59.9 Å². The van der Waals surface area contributed by atoms with Crippen LogP contribution < -0.4 is 5.32 Å². The van der Waals surface area contributed by atoms with Crippen LogP contribution in [0.25, 0.3) is 0 Å². The van der Waals surface area contributed by atoms with Crippen LogP contribution in [0.4, 0.5) is 19.3 Å². The predicted octanol–water partition coefficient (Wildman–Crippen LogP) is 3.40. The Kier molecular flexibility index (Phi) is 6.18. The van der Waals surface area contributed by atoms with E-state index in [0.29, 0.717) is 26.1 Å². The Labute approximate surface area is 162 Å². The number of amides is 3. The highest BCUT2D eigenvalue weighted by Gasteiger charge is 2.29. The summed E-state index contributed by atoms with van der Waals surface area (Å²) in [6.45, 7) is 2.71. The molecule has 1 unspecified atom stereocenters. The number of nitrogens with one attached hydrogen (secondary N) is 1. The number of aromatic nitrogens is 1. The first-order chi connectivity index (χ1) is 13.4. The summed E-state index contributed by atoms with van der Waals surface area (Å²) >= 11 is 0. The zero-order chi connectivity index (χ0) is 20.1. The summed E-state index contributed by atoms with van der Waals surface area (Å²) in [5.74, 6) is -1.43. The molecule has 1 aliphatic heterocycles. The van der Waals surface area contributed by atoms with Crippen molar-refractivity contribution in [2.45, 2.75) is 32.4 Å². The third-order valence-corrected chi connectivity index (χ3v) is 4.77. The first-order valence-corrected chi connectivity index (χ1v) is 9.11. The van der Waals surface area contributed by atoms with Gasteiger partial charge in [0.1, 0.15) is 11.6 Å². The second-order valence-corrected chi connectivity index (χ2v) is 6.80. The molecule has 0 aliphatic carbocycles. The van der Waals surface area contributed by atoms with Crippen molar-refractivity contribution in [2.24, 2.45) is 0 Å². The minimum absolute atomic E-state index is 0.0905. The number of benzene rings is 1. The van der Waals surface area contributed by atoms with Gasteiger partial charge in [0.05, 0.1) is 5.69 Å². The highest BCUT2D eigenvalue weighted by atomic mass is 19.1. The molecule has 1 fully saturated rings. The van der Waals surface area contributed by atoms with E-state index in [0.717, 1.165) is 30.2 Å². The molecule has 28 heavy (non-hydrogen) atoms. The van der Waals surface area contributed by atoms with Gasteiger partial charge in [-0.3, -0.25) is 9.78 Å². The number of halogens is 2. The van der Waals surface area contributed by atoms with Crippen LogP contribution >= 0.6 is 0 Å². The molecular weight excluding hydrogens is 366 g/mol. The van der Waals surface area contributed by atoms with Gasteiger partial charge in [0.2, 0.25) is 5.91 Å². The molecule has 148 valence electrons. The third kappa shape index (κ3) is 4.82. The second kappa shape index (κ2) is 8.77. The van der Waals surface area contributed by atoms with Crippen molar-refractivity contribution in [1.82, 2.24) is 14.8 Å². The Balaban J connectivity index is 1.68. The number of piperidine rings is 1. The summed E-state index contributed by atoms with van der Waals surface area (Å²) in [5, 5.41) is 2.42. The van der Waals surface area contributed by atoms with Gasteiger partial charge in [0.15, 0.2) is 0 Å². The Morgan fingerprint density at radius 3 is 2.86 bits per heavy atom. The smallest absolute Gasteiger partial charge is 0.321 e. The quantitative estimate of drug-likeness (QED) is 0.873. The lowest BCUT2D eigenvalue weighted by Gasteiger charge is -2.39. The first kappa shape index (κ1) is 19.7. The van der Waals surface area contributed by atoms with Crippen molar-refractivity contribution in [3.8, 4) is 0 Å². The Morgan fingerprint density at radius 1 is 1.32 bits per heavy atom. The summed E-state index contributed by atoms with van der Waals surface area (Å²) in [6, 6.07) is 5.93. The monoisotopic (exact) mass is 388 g/mol. The van der Waals surface area contributed by atoms with E-state index in [1.165, 1.54) is 11.8 Å². The predicted molar refractivity (Wildman–Crippen MR) is 100 cm³/mol. The van der Waals surface area contributed by atoms with Gasteiger partial charge in [0, 0.05) is 51.1 Å². The van der Waals surface area contributed by atoms with Crippen LogP contribution in [0.3, 0.4) is 0 Å². The number of pyridine rings is 1. The Bertz CT molecular complexity index is 847. The fraction of sp³-hybridized carbons (Fsp3) is 0.350. The Morgan fingerprint density at radius 2 is 2.14 bits per heavy atom. The molecule has 2 heterocycles. The summed E-state index contributed by atoms with van der Waals surface area (Å²) in [6.07, 6.45) is 4.84. The molecule has 1 aromatic heterocycles. The fourth-order valence-electron chi connectivity index (χ4n) is 3.37. The molecule has 0 spiro atoms. The van der Waals surface area contributed by atoms with Crippen LogP contribution in [0.2, 0.25) is 0 Å². The molecule has 3 amide bonds. The van der Waals surface area contributed by atoms with E-state index in [1.807, 2.05) is 12.1 Å². The van der Waals surface area contributed by atoms with Gasteiger partial charge in [-0.1, -0.05) is 6.07 Å². The normalized spacial score (nSPS) is 16.5. The molecule has 1 N–H and O–H groups in total. The van der Waals surface area contributed by atoms with E-state index in [-0.39, 0.29) is 17.6 Å². The van der Waals surface area contributed by atoms with Crippen LogP contribution in [0.15, 0.2) is 42.7 Å². The standard InChI is InChI=1S/C20H22F2N4O2/c1-14(27)26(12-15-4-2-8-23-11-15)17-5-3-9-25(13-17)20(28)24-19-10-16(21)6-7-18(19)22/h2,4,6-8,10-11,17H,3,5,9,12-13H2,1H3,(H,24,28). The van der Waals surface area contributed by atoms with Crippen molar-refractivity contribution in [3.63, 3.8) is 0 Å². The molecular formula is C20H22F2N4O2. The van der Waals surface area contributed by atoms with Crippen molar-refractivity contribution in [1.29, 1.82) is 0 Å². The molecule has 1 saturated heterocycles. The number of carbonyl (C=O) groups is 2. The minimum atomic E-state index is -0.703. The lowest BCUT2D eigenvalue weighted by atomic mass is 10.0. The summed E-state index contributed by atoms with van der Waals surface area (Å²) in [5.41, 5.74) is 0.701. The zero-order valence-corrected chi connectivity index (χ0v) is 15.6. The number of nitrogens with zero attached hydrogens (tertiary/aromatic N) is 3. The maximum atomic E-state index is 13.8. The van der Waals surface area contributed by atoms with Crippen LogP contribution in [-0.4, -0.2) is 45.9 Å². The average Bonchev–Trinajstić information content (AvgIpc) is 2.69. The summed E-state index contributed by atoms with van der Waals surface area (Å²) in [7, 11) is 0. The van der Waals surface area contributed by atoms with Gasteiger partial charge in [-0.05, 0) is 36.6 Å². The van der Waals surface area contributed by atoms with Gasteiger partial charge >= 0.3 is 6.03 Å². The van der Waals surface area contributed by atoms with Gasteiger partial charge in [0.25, 0.3) is 0 Å². The molecule has 1 aliphatic rings. The number of hydrogen-bond donors (Lipinski definition) is 1. The highest BCUT2D eigenvalue weighted by Crippen LogP contribution is 2.21. The maximum Gasteiger partial charge on any atom is 0.321 e. The van der Waals surface area contributed by atoms with Crippen molar-refractivity contribution >= 4 is 17.6 Å². The lowest BCUT2D eigenvalue weighted by molar-refractivity contribution is -0.132. The van der Waals surface area contributed by atoms with Gasteiger partial charge < -0.3 is 15.1 Å². The first-order valence-electron chi connectivity index (χ1n) is 9.11. The average molecular weight is 388 g/mol. The minimum Gasteiger partial charge on any atom is -0.334 e. The number of anilines is 1. The maximum absolute atomic E-state index is 13.8. The molecule has 0 radical (unpaired) electrons. The van der Waals surface area contributed by atoms with E-state index < -0.39 is 17.7 Å². The third-order valence-electron chi connectivity index (χ3n) is 4.77. The molecule has 0 saturated carbocycles. The second-order valence-electron chi connectivity index (χ2n) is 6.80. The summed E-state index contributed by atoms with van der Waals surface area (Å²) < 4.78 is 27.1. The zero-order valence-electron chi connectivity index (χ0n) is 15.6. The SMILES string of the molecule is CC(=O)N(Cc1cccnc1)C1CCCN(C(=O)Nc2cc(F)ccc2F)C1. The topological polar surface area (TPSA) is 65.5 Å².